The third kappa shape index (κ3) is 3.98. The molecule has 0 fully saturated rings. The van der Waals surface area contributed by atoms with E-state index >= 15 is 0 Å². The fourth-order valence-corrected chi connectivity index (χ4v) is 19.9. The molecule has 2 aromatic rings. The summed E-state index contributed by atoms with van der Waals surface area (Å²) in [6.45, 7) is 2.26. The predicted molar refractivity (Wildman–Crippen MR) is 137 cm³/mol. The largest absolute Gasteiger partial charge is 0.147 e. The molecule has 2 atom stereocenters. The third-order valence-corrected chi connectivity index (χ3v) is 24.5. The van der Waals surface area contributed by atoms with Crippen LogP contribution in [0.1, 0.15) is 29.5 Å². The fraction of sp³-hybridized carbons (Fsp3) is 0.333. The molecule has 0 radical (unpaired) electrons. The average Bonchev–Trinajstić information content (AvgIpc) is 3.38. The summed E-state index contributed by atoms with van der Waals surface area (Å²) in [4.78, 5) is 0. The molecule has 0 saturated heterocycles. The van der Waals surface area contributed by atoms with Gasteiger partial charge in [0.25, 0.3) is 0 Å². The molecule has 0 spiro atoms. The number of benzene rings is 2. The van der Waals surface area contributed by atoms with E-state index in [1.165, 1.54) is 11.1 Å². The van der Waals surface area contributed by atoms with E-state index in [0.717, 1.165) is 34.1 Å². The number of methoxy groups -OCH3 is 4. The molecule has 0 N–H and O–H groups in total. The summed E-state index contributed by atoms with van der Waals surface area (Å²) in [5.74, 6) is 3.69. The summed E-state index contributed by atoms with van der Waals surface area (Å²) >= 11 is -3.54. The molecule has 8 heteroatoms. The molecule has 2 unspecified atom stereocenters. The molecule has 0 bridgehead atoms. The Morgan fingerprint density at radius 3 is 1.25 bits per heavy atom. The Bertz CT molecular complexity index is 1070. The van der Waals surface area contributed by atoms with Gasteiger partial charge in [-0.05, 0) is 0 Å². The Labute approximate surface area is 205 Å². The zero-order chi connectivity index (χ0) is 21.7. The van der Waals surface area contributed by atoms with Gasteiger partial charge in [-0.1, -0.05) is 0 Å². The van der Waals surface area contributed by atoms with Crippen LogP contribution in [-0.2, 0) is 17.4 Å². The number of halogens is 2. The first-order chi connectivity index (χ1) is 14.3. The van der Waals surface area contributed by atoms with Gasteiger partial charge in [-0.3, -0.25) is 0 Å². The molecule has 4 rings (SSSR count). The van der Waals surface area contributed by atoms with Crippen LogP contribution in [0.25, 0.3) is 12.2 Å². The third-order valence-electron chi connectivity index (χ3n) is 6.87. The molecule has 0 amide bonds. The van der Waals surface area contributed by atoms with Crippen LogP contribution in [0.5, 0.6) is 23.0 Å². The number of hydrogen-bond acceptors (Lipinski definition) is 4. The van der Waals surface area contributed by atoms with Crippen molar-refractivity contribution in [3.63, 3.8) is 0 Å². The number of ether oxygens (including phenoxy) is 4. The maximum atomic E-state index is 5.82. The monoisotopic (exact) mass is 572 g/mol. The van der Waals surface area contributed by atoms with Crippen molar-refractivity contribution >= 4 is 43.8 Å². The van der Waals surface area contributed by atoms with Crippen molar-refractivity contribution in [2.45, 2.75) is 16.5 Å². The van der Waals surface area contributed by atoms with Crippen molar-refractivity contribution < 1.29 is 36.3 Å². The van der Waals surface area contributed by atoms with Crippen LogP contribution in [0, 0.1) is 0 Å². The van der Waals surface area contributed by atoms with E-state index in [4.69, 9.17) is 18.9 Å². The maximum absolute atomic E-state index is 5.82. The molecule has 32 heavy (non-hydrogen) atoms. The minimum atomic E-state index is -3.54. The molecular weight excluding hydrogens is 542 g/mol. The van der Waals surface area contributed by atoms with Crippen LogP contribution >= 0.6 is 24.8 Å². The number of fused-ring (bicyclic) bond motifs is 2. The first-order valence-electron chi connectivity index (χ1n) is 10.2. The molecule has 2 aliphatic rings. The minimum absolute atomic E-state index is 0. The average molecular weight is 575 g/mol. The zero-order valence-electron chi connectivity index (χ0n) is 19.4. The van der Waals surface area contributed by atoms with Gasteiger partial charge >= 0.3 is 182 Å². The summed E-state index contributed by atoms with van der Waals surface area (Å²) in [7, 11) is 6.97. The van der Waals surface area contributed by atoms with E-state index in [2.05, 4.69) is 40.4 Å². The van der Waals surface area contributed by atoms with Crippen LogP contribution in [0.15, 0.2) is 36.4 Å². The van der Waals surface area contributed by atoms with E-state index in [-0.39, 0.29) is 24.8 Å². The van der Waals surface area contributed by atoms with Gasteiger partial charge in [0.2, 0.25) is 0 Å². The number of allylic oxidation sites excluding steroid dienone is 2. The van der Waals surface area contributed by atoms with Crippen LogP contribution in [-0.4, -0.2) is 35.3 Å². The van der Waals surface area contributed by atoms with Crippen molar-refractivity contribution in [1.29, 1.82) is 0 Å². The summed E-state index contributed by atoms with van der Waals surface area (Å²) in [6.07, 6.45) is 9.20. The molecule has 2 aliphatic carbocycles. The summed E-state index contributed by atoms with van der Waals surface area (Å²) in [5, 5.41) is 0. The van der Waals surface area contributed by atoms with Gasteiger partial charge < -0.3 is 0 Å². The van der Waals surface area contributed by atoms with Gasteiger partial charge in [0.15, 0.2) is 0 Å². The molecule has 0 heterocycles. The van der Waals surface area contributed by atoms with Gasteiger partial charge in [-0.25, -0.2) is 0 Å². The van der Waals surface area contributed by atoms with Crippen molar-refractivity contribution in [3.8, 4) is 23.0 Å². The van der Waals surface area contributed by atoms with E-state index in [9.17, 15) is 0 Å². The Morgan fingerprint density at radius 1 is 0.625 bits per heavy atom. The number of hydrogen-bond donors (Lipinski definition) is 0. The standard InChI is InChI=1S/2C11H11O2.2CH3.2ClH.H2Si.Zr/c2*1-12-10-6-7-11(13-2)9-5-3-4-8(9)10;;;;;;/h2*3-7H,1-2H3;2*1H3;2*1H;1H2;. The molecule has 174 valence electrons. The molecule has 0 saturated carbocycles. The van der Waals surface area contributed by atoms with Gasteiger partial charge in [-0.15, -0.1) is 24.8 Å². The van der Waals surface area contributed by atoms with Gasteiger partial charge in [-0.2, -0.15) is 0 Å². The van der Waals surface area contributed by atoms with Crippen molar-refractivity contribution in [1.82, 2.24) is 0 Å². The van der Waals surface area contributed by atoms with Crippen LogP contribution in [0.2, 0.25) is 9.26 Å². The van der Waals surface area contributed by atoms with Crippen molar-refractivity contribution in [2.24, 2.45) is 0 Å². The summed E-state index contributed by atoms with van der Waals surface area (Å²) in [6, 6.07) is 8.06. The Kier molecular flexibility index (Phi) is 8.10. The van der Waals surface area contributed by atoms with Crippen molar-refractivity contribution in [2.75, 3.05) is 28.4 Å². The first-order valence-corrected chi connectivity index (χ1v) is 23.9. The van der Waals surface area contributed by atoms with E-state index < -0.39 is 17.4 Å². The Hall–Kier alpha value is -1.20. The molecule has 0 aromatic heterocycles. The van der Waals surface area contributed by atoms with Crippen LogP contribution in [0.3, 0.4) is 0 Å². The summed E-state index contributed by atoms with van der Waals surface area (Å²) in [5.41, 5.74) is 4.84. The second kappa shape index (κ2) is 9.58. The molecule has 4 nitrogen and oxygen atoms in total. The van der Waals surface area contributed by atoms with Crippen LogP contribution < -0.4 is 18.9 Å². The van der Waals surface area contributed by atoms with E-state index in [1.807, 2.05) is 24.3 Å². The Balaban J connectivity index is 0.00000181. The number of rotatable bonds is 6. The SMILES string of the molecule is COc1ccc(OC)c2c1C=C[CH]2[Zr]([CH3])([CH3])(=[SiH2])[CH]1C=Cc2c(OC)ccc(OC)c21.Cl.Cl. The Morgan fingerprint density at radius 2 is 0.938 bits per heavy atom. The predicted octanol–water partition coefficient (Wildman–Crippen LogP) is 5.73. The van der Waals surface area contributed by atoms with E-state index in [1.54, 1.807) is 28.4 Å². The van der Waals surface area contributed by atoms with Crippen molar-refractivity contribution in [3.05, 3.63) is 58.7 Å². The smallest absolute Gasteiger partial charge is 0.147 e. The minimum Gasteiger partial charge on any atom is -0.147 e. The van der Waals surface area contributed by atoms with Gasteiger partial charge in [0.1, 0.15) is 0 Å². The quantitative estimate of drug-likeness (QED) is 0.413. The molecule has 2 aromatic carbocycles. The molecular formula is C24H32Cl2O4SiZr. The van der Waals surface area contributed by atoms with Gasteiger partial charge in [0.05, 0.1) is 0 Å². The fourth-order valence-electron chi connectivity index (χ4n) is 5.24. The van der Waals surface area contributed by atoms with Crippen LogP contribution in [0.4, 0.5) is 0 Å². The molecule has 0 aliphatic heterocycles. The second-order valence-electron chi connectivity index (χ2n) is 9.21. The van der Waals surface area contributed by atoms with E-state index in [0.29, 0.717) is 7.25 Å². The normalized spacial score (nSPS) is 18.2. The second-order valence-corrected chi connectivity index (χ2v) is 39.9. The first kappa shape index (κ1) is 27.0. The zero-order valence-corrected chi connectivity index (χ0v) is 24.9. The summed E-state index contributed by atoms with van der Waals surface area (Å²) < 4.78 is 28.7. The maximum Gasteiger partial charge on any atom is -0.147 e. The van der Waals surface area contributed by atoms with Gasteiger partial charge in [0, 0.05) is 0 Å². The topological polar surface area (TPSA) is 36.9 Å².